The maximum absolute atomic E-state index is 3.59. The summed E-state index contributed by atoms with van der Waals surface area (Å²) in [5, 5.41) is 3.59. The zero-order chi connectivity index (χ0) is 14.4. The lowest BCUT2D eigenvalue weighted by Crippen LogP contribution is -2.25. The number of rotatable bonds is 8. The van der Waals surface area contributed by atoms with Crippen LogP contribution in [0.4, 0.5) is 0 Å². The monoisotopic (exact) mass is 273 g/mol. The van der Waals surface area contributed by atoms with Crippen molar-refractivity contribution in [3.63, 3.8) is 0 Å². The largest absolute Gasteiger partial charge is 0.313 e. The van der Waals surface area contributed by atoms with Crippen molar-refractivity contribution in [3.8, 4) is 0 Å². The van der Waals surface area contributed by atoms with Gasteiger partial charge in [0.2, 0.25) is 0 Å². The average molecular weight is 273 g/mol. The zero-order valence-electron chi connectivity index (χ0n) is 13.5. The molecule has 1 N–H and O–H groups in total. The highest BCUT2D eigenvalue weighted by Gasteiger charge is 2.23. The Kier molecular flexibility index (Phi) is 6.09. The van der Waals surface area contributed by atoms with E-state index >= 15 is 0 Å². The first-order chi connectivity index (χ1) is 9.80. The van der Waals surface area contributed by atoms with Gasteiger partial charge < -0.3 is 5.32 Å². The van der Waals surface area contributed by atoms with Crippen LogP contribution in [0.2, 0.25) is 0 Å². The Morgan fingerprint density at radius 2 is 1.85 bits per heavy atom. The van der Waals surface area contributed by atoms with Crippen LogP contribution in [0.15, 0.2) is 24.3 Å². The molecule has 1 aliphatic rings. The Morgan fingerprint density at radius 1 is 1.15 bits per heavy atom. The van der Waals surface area contributed by atoms with E-state index in [9.17, 15) is 0 Å². The average Bonchev–Trinajstić information content (AvgIpc) is 2.39. The van der Waals surface area contributed by atoms with E-state index in [1.54, 1.807) is 5.56 Å². The van der Waals surface area contributed by atoms with E-state index in [-0.39, 0.29) is 0 Å². The molecule has 112 valence electrons. The second-order valence-corrected chi connectivity index (χ2v) is 6.40. The van der Waals surface area contributed by atoms with Gasteiger partial charge in [0.1, 0.15) is 0 Å². The van der Waals surface area contributed by atoms with E-state index in [4.69, 9.17) is 0 Å². The number of hydrogen-bond donors (Lipinski definition) is 1. The summed E-state index contributed by atoms with van der Waals surface area (Å²) in [5.74, 6) is 1.61. The Labute approximate surface area is 125 Å². The molecule has 1 aliphatic carbocycles. The molecular formula is C19H31N. The van der Waals surface area contributed by atoms with Crippen molar-refractivity contribution in [2.24, 2.45) is 5.92 Å². The third kappa shape index (κ3) is 3.63. The fraction of sp³-hybridized carbons (Fsp3) is 0.684. The SMILES string of the molecule is CCCC(CCC)C(NC)c1cccc(C2CCC2)c1. The summed E-state index contributed by atoms with van der Waals surface area (Å²) in [5.41, 5.74) is 3.07. The summed E-state index contributed by atoms with van der Waals surface area (Å²) < 4.78 is 0. The van der Waals surface area contributed by atoms with Crippen LogP contribution in [0.3, 0.4) is 0 Å². The summed E-state index contributed by atoms with van der Waals surface area (Å²) in [6.07, 6.45) is 9.41. The maximum atomic E-state index is 3.59. The van der Waals surface area contributed by atoms with Crippen LogP contribution in [-0.4, -0.2) is 7.05 Å². The fourth-order valence-electron chi connectivity index (χ4n) is 3.64. The van der Waals surface area contributed by atoms with Crippen LogP contribution in [0, 0.1) is 5.92 Å². The molecule has 1 atom stereocenters. The van der Waals surface area contributed by atoms with Gasteiger partial charge >= 0.3 is 0 Å². The highest BCUT2D eigenvalue weighted by atomic mass is 14.9. The molecule has 0 amide bonds. The first-order valence-electron chi connectivity index (χ1n) is 8.57. The number of benzene rings is 1. The molecule has 2 rings (SSSR count). The van der Waals surface area contributed by atoms with E-state index in [2.05, 4.69) is 50.5 Å². The topological polar surface area (TPSA) is 12.0 Å². The summed E-state index contributed by atoms with van der Waals surface area (Å²) in [6.45, 7) is 4.61. The van der Waals surface area contributed by atoms with Crippen molar-refractivity contribution < 1.29 is 0 Å². The lowest BCUT2D eigenvalue weighted by atomic mass is 9.78. The molecule has 20 heavy (non-hydrogen) atoms. The van der Waals surface area contributed by atoms with Gasteiger partial charge in [0, 0.05) is 6.04 Å². The van der Waals surface area contributed by atoms with Gasteiger partial charge in [0.05, 0.1) is 0 Å². The molecule has 0 heterocycles. The molecular weight excluding hydrogens is 242 g/mol. The number of nitrogens with one attached hydrogen (secondary N) is 1. The molecule has 0 spiro atoms. The summed E-state index contributed by atoms with van der Waals surface area (Å²) in [7, 11) is 2.12. The fourth-order valence-corrected chi connectivity index (χ4v) is 3.64. The molecule has 1 nitrogen and oxygen atoms in total. The van der Waals surface area contributed by atoms with Crippen LogP contribution in [0.5, 0.6) is 0 Å². The first kappa shape index (κ1) is 15.6. The molecule has 1 saturated carbocycles. The standard InChI is InChI=1S/C19H31N/c1-4-8-16(9-5-2)19(20-3)18-13-7-12-17(14-18)15-10-6-11-15/h7,12-16,19-20H,4-6,8-11H2,1-3H3. The minimum Gasteiger partial charge on any atom is -0.313 e. The quantitative estimate of drug-likeness (QED) is 0.666. The van der Waals surface area contributed by atoms with Crippen molar-refractivity contribution >= 4 is 0 Å². The van der Waals surface area contributed by atoms with E-state index in [0.29, 0.717) is 6.04 Å². The van der Waals surface area contributed by atoms with Gasteiger partial charge in [0.25, 0.3) is 0 Å². The lowest BCUT2D eigenvalue weighted by molar-refractivity contribution is 0.330. The van der Waals surface area contributed by atoms with E-state index in [1.807, 2.05) is 0 Å². The third-order valence-electron chi connectivity index (χ3n) is 4.95. The minimum absolute atomic E-state index is 0.523. The highest BCUT2D eigenvalue weighted by Crippen LogP contribution is 2.38. The predicted molar refractivity (Wildman–Crippen MR) is 88.1 cm³/mol. The van der Waals surface area contributed by atoms with Gasteiger partial charge in [-0.25, -0.2) is 0 Å². The molecule has 0 aromatic heterocycles. The van der Waals surface area contributed by atoms with E-state index in [1.165, 1.54) is 50.5 Å². The molecule has 1 aromatic carbocycles. The first-order valence-corrected chi connectivity index (χ1v) is 8.57. The smallest absolute Gasteiger partial charge is 0.0346 e. The minimum atomic E-state index is 0.523. The van der Waals surface area contributed by atoms with Gasteiger partial charge in [-0.2, -0.15) is 0 Å². The molecule has 1 heteroatoms. The molecule has 0 bridgehead atoms. The second-order valence-electron chi connectivity index (χ2n) is 6.40. The molecule has 1 unspecified atom stereocenters. The summed E-state index contributed by atoms with van der Waals surface area (Å²) in [4.78, 5) is 0. The van der Waals surface area contributed by atoms with Crippen molar-refractivity contribution in [1.29, 1.82) is 0 Å². The van der Waals surface area contributed by atoms with Crippen LogP contribution in [-0.2, 0) is 0 Å². The van der Waals surface area contributed by atoms with Crippen molar-refractivity contribution in [3.05, 3.63) is 35.4 Å². The Balaban J connectivity index is 2.16. The van der Waals surface area contributed by atoms with Gasteiger partial charge in [-0.15, -0.1) is 0 Å². The van der Waals surface area contributed by atoms with Crippen LogP contribution < -0.4 is 5.32 Å². The molecule has 0 aliphatic heterocycles. The van der Waals surface area contributed by atoms with Gasteiger partial charge in [-0.3, -0.25) is 0 Å². The van der Waals surface area contributed by atoms with E-state index < -0.39 is 0 Å². The molecule has 0 saturated heterocycles. The molecule has 1 aromatic rings. The van der Waals surface area contributed by atoms with Gasteiger partial charge in [-0.05, 0) is 55.7 Å². The van der Waals surface area contributed by atoms with Crippen LogP contribution in [0.1, 0.15) is 81.9 Å². The van der Waals surface area contributed by atoms with Crippen LogP contribution >= 0.6 is 0 Å². The Hall–Kier alpha value is -0.820. The second kappa shape index (κ2) is 7.83. The lowest BCUT2D eigenvalue weighted by Gasteiger charge is -2.30. The Morgan fingerprint density at radius 3 is 2.35 bits per heavy atom. The summed E-state index contributed by atoms with van der Waals surface area (Å²) in [6, 6.07) is 9.91. The molecule has 1 fully saturated rings. The Bertz CT molecular complexity index is 389. The van der Waals surface area contributed by atoms with Gasteiger partial charge in [0.15, 0.2) is 0 Å². The normalized spacial score (nSPS) is 17.2. The zero-order valence-corrected chi connectivity index (χ0v) is 13.5. The van der Waals surface area contributed by atoms with Crippen LogP contribution in [0.25, 0.3) is 0 Å². The third-order valence-corrected chi connectivity index (χ3v) is 4.95. The highest BCUT2D eigenvalue weighted by molar-refractivity contribution is 5.30. The van der Waals surface area contributed by atoms with Gasteiger partial charge in [-0.1, -0.05) is 57.4 Å². The van der Waals surface area contributed by atoms with Crippen molar-refractivity contribution in [2.75, 3.05) is 7.05 Å². The number of hydrogen-bond acceptors (Lipinski definition) is 1. The maximum Gasteiger partial charge on any atom is 0.0346 e. The summed E-state index contributed by atoms with van der Waals surface area (Å²) >= 11 is 0. The van der Waals surface area contributed by atoms with Crippen molar-refractivity contribution in [1.82, 2.24) is 5.32 Å². The van der Waals surface area contributed by atoms with E-state index in [0.717, 1.165) is 11.8 Å². The predicted octanol–water partition coefficient (Wildman–Crippen LogP) is 5.43. The molecule has 0 radical (unpaired) electrons. The van der Waals surface area contributed by atoms with Crippen molar-refractivity contribution in [2.45, 2.75) is 70.8 Å².